The number of benzene rings is 1. The molecular weight excluding hydrogens is 200 g/mol. The fraction of sp³-hybridized carbons (Fsp3) is 0.462. The van der Waals surface area contributed by atoms with Crippen LogP contribution in [0.2, 0.25) is 0 Å². The molecule has 0 saturated heterocycles. The monoisotopic (exact) mass is 220 g/mol. The molecule has 2 unspecified atom stereocenters. The highest BCUT2D eigenvalue weighted by molar-refractivity contribution is 5.94. The summed E-state index contributed by atoms with van der Waals surface area (Å²) in [4.78, 5) is 11.8. The summed E-state index contributed by atoms with van der Waals surface area (Å²) in [5, 5.41) is 6.11. The molecule has 0 radical (unpaired) electrons. The predicted molar refractivity (Wildman–Crippen MR) is 67.4 cm³/mol. The van der Waals surface area contributed by atoms with Gasteiger partial charge in [0.2, 0.25) is 5.91 Å². The van der Waals surface area contributed by atoms with Gasteiger partial charge < -0.3 is 10.6 Å². The van der Waals surface area contributed by atoms with Crippen molar-refractivity contribution in [3.63, 3.8) is 0 Å². The largest absolute Gasteiger partial charge is 0.325 e. The normalized spacial score (nSPS) is 14.2. The molecule has 0 fully saturated rings. The van der Waals surface area contributed by atoms with Crippen LogP contribution in [-0.2, 0) is 4.79 Å². The van der Waals surface area contributed by atoms with Crippen LogP contribution in [0.3, 0.4) is 0 Å². The van der Waals surface area contributed by atoms with Crippen molar-refractivity contribution in [3.8, 4) is 0 Å². The summed E-state index contributed by atoms with van der Waals surface area (Å²) < 4.78 is 0. The number of nitrogens with one attached hydrogen (secondary N) is 2. The van der Waals surface area contributed by atoms with Gasteiger partial charge in [-0.2, -0.15) is 0 Å². The van der Waals surface area contributed by atoms with Gasteiger partial charge in [-0.1, -0.05) is 25.1 Å². The van der Waals surface area contributed by atoms with Crippen LogP contribution in [0.4, 0.5) is 5.69 Å². The molecule has 0 aliphatic rings. The summed E-state index contributed by atoms with van der Waals surface area (Å²) >= 11 is 0. The standard InChI is InChI=1S/C13H20N2O/c1-4-10(2)14-11(3)13(16)15-12-8-6-5-7-9-12/h5-11,14H,4H2,1-3H3,(H,15,16). The second kappa shape index (κ2) is 6.28. The Morgan fingerprint density at radius 2 is 1.88 bits per heavy atom. The second-order valence-corrected chi connectivity index (χ2v) is 4.05. The molecule has 2 N–H and O–H groups in total. The average molecular weight is 220 g/mol. The van der Waals surface area contributed by atoms with Crippen LogP contribution in [0, 0.1) is 0 Å². The van der Waals surface area contributed by atoms with Gasteiger partial charge >= 0.3 is 0 Å². The minimum Gasteiger partial charge on any atom is -0.325 e. The summed E-state index contributed by atoms with van der Waals surface area (Å²) in [6.45, 7) is 6.05. The summed E-state index contributed by atoms with van der Waals surface area (Å²) in [5.41, 5.74) is 0.838. The van der Waals surface area contributed by atoms with E-state index in [1.165, 1.54) is 0 Å². The first kappa shape index (κ1) is 12.7. The summed E-state index contributed by atoms with van der Waals surface area (Å²) in [6.07, 6.45) is 1.02. The van der Waals surface area contributed by atoms with Crippen molar-refractivity contribution >= 4 is 11.6 Å². The molecular formula is C13H20N2O. The smallest absolute Gasteiger partial charge is 0.241 e. The van der Waals surface area contributed by atoms with Crippen LogP contribution in [0.15, 0.2) is 30.3 Å². The molecule has 1 aromatic rings. The van der Waals surface area contributed by atoms with Crippen LogP contribution >= 0.6 is 0 Å². The molecule has 0 bridgehead atoms. The van der Waals surface area contributed by atoms with Crippen molar-refractivity contribution in [2.45, 2.75) is 39.3 Å². The van der Waals surface area contributed by atoms with Crippen molar-refractivity contribution in [1.82, 2.24) is 5.32 Å². The van der Waals surface area contributed by atoms with Crippen LogP contribution in [-0.4, -0.2) is 18.0 Å². The van der Waals surface area contributed by atoms with Gasteiger partial charge in [-0.15, -0.1) is 0 Å². The minimum atomic E-state index is -0.171. The molecule has 3 heteroatoms. The first-order valence-electron chi connectivity index (χ1n) is 5.75. The third-order valence-corrected chi connectivity index (χ3v) is 2.58. The quantitative estimate of drug-likeness (QED) is 0.800. The molecule has 0 aliphatic heterocycles. The zero-order valence-electron chi connectivity index (χ0n) is 10.2. The third-order valence-electron chi connectivity index (χ3n) is 2.58. The highest BCUT2D eigenvalue weighted by Crippen LogP contribution is 2.05. The Bertz CT molecular complexity index is 324. The molecule has 1 rings (SSSR count). The maximum Gasteiger partial charge on any atom is 0.241 e. The molecule has 16 heavy (non-hydrogen) atoms. The summed E-state index contributed by atoms with van der Waals surface area (Å²) in [5.74, 6) is 0.00602. The highest BCUT2D eigenvalue weighted by Gasteiger charge is 2.14. The van der Waals surface area contributed by atoms with E-state index in [4.69, 9.17) is 0 Å². The Balaban J connectivity index is 2.46. The minimum absolute atomic E-state index is 0.00602. The number of anilines is 1. The van der Waals surface area contributed by atoms with E-state index in [0.29, 0.717) is 6.04 Å². The Hall–Kier alpha value is -1.35. The number of para-hydroxylation sites is 1. The van der Waals surface area contributed by atoms with Crippen LogP contribution in [0.5, 0.6) is 0 Å². The van der Waals surface area contributed by atoms with Gasteiger partial charge in [0.1, 0.15) is 0 Å². The molecule has 0 aliphatic carbocycles. The van der Waals surface area contributed by atoms with Gasteiger partial charge in [-0.25, -0.2) is 0 Å². The van der Waals surface area contributed by atoms with E-state index < -0.39 is 0 Å². The van der Waals surface area contributed by atoms with Crippen LogP contribution in [0.25, 0.3) is 0 Å². The number of hydrogen-bond donors (Lipinski definition) is 2. The SMILES string of the molecule is CCC(C)NC(C)C(=O)Nc1ccccc1. The topological polar surface area (TPSA) is 41.1 Å². The van der Waals surface area contributed by atoms with Crippen molar-refractivity contribution in [1.29, 1.82) is 0 Å². The Labute approximate surface area is 97.2 Å². The lowest BCUT2D eigenvalue weighted by Gasteiger charge is -2.18. The van der Waals surface area contributed by atoms with Crippen molar-refractivity contribution in [3.05, 3.63) is 30.3 Å². The summed E-state index contributed by atoms with van der Waals surface area (Å²) in [6, 6.07) is 9.69. The van der Waals surface area contributed by atoms with Gasteiger partial charge in [-0.05, 0) is 32.4 Å². The fourth-order valence-electron chi connectivity index (χ4n) is 1.39. The van der Waals surface area contributed by atoms with Crippen molar-refractivity contribution < 1.29 is 4.79 Å². The highest BCUT2D eigenvalue weighted by atomic mass is 16.2. The molecule has 1 amide bonds. The average Bonchev–Trinajstić information content (AvgIpc) is 2.30. The van der Waals surface area contributed by atoms with E-state index in [1.807, 2.05) is 37.3 Å². The Morgan fingerprint density at radius 1 is 1.25 bits per heavy atom. The summed E-state index contributed by atoms with van der Waals surface area (Å²) in [7, 11) is 0. The van der Waals surface area contributed by atoms with E-state index in [1.54, 1.807) is 0 Å². The molecule has 3 nitrogen and oxygen atoms in total. The molecule has 88 valence electrons. The molecule has 0 aromatic heterocycles. The number of rotatable bonds is 5. The van der Waals surface area contributed by atoms with Crippen molar-refractivity contribution in [2.24, 2.45) is 0 Å². The lowest BCUT2D eigenvalue weighted by Crippen LogP contribution is -2.42. The zero-order valence-corrected chi connectivity index (χ0v) is 10.2. The first-order valence-corrected chi connectivity index (χ1v) is 5.75. The van der Waals surface area contributed by atoms with Crippen LogP contribution < -0.4 is 10.6 Å². The number of carbonyl (C=O) groups is 1. The molecule has 0 heterocycles. The van der Waals surface area contributed by atoms with Gasteiger partial charge in [-0.3, -0.25) is 4.79 Å². The van der Waals surface area contributed by atoms with Crippen LogP contribution in [0.1, 0.15) is 27.2 Å². The van der Waals surface area contributed by atoms with Gasteiger partial charge in [0.05, 0.1) is 6.04 Å². The second-order valence-electron chi connectivity index (χ2n) is 4.05. The lowest BCUT2D eigenvalue weighted by molar-refractivity contribution is -0.117. The third kappa shape index (κ3) is 4.03. The number of carbonyl (C=O) groups excluding carboxylic acids is 1. The molecule has 2 atom stereocenters. The molecule has 0 spiro atoms. The maximum absolute atomic E-state index is 11.8. The predicted octanol–water partition coefficient (Wildman–Crippen LogP) is 2.40. The Kier molecular flexibility index (Phi) is 4.99. The number of amides is 1. The first-order chi connectivity index (χ1) is 7.63. The van der Waals surface area contributed by atoms with E-state index >= 15 is 0 Å². The molecule has 0 saturated carbocycles. The van der Waals surface area contributed by atoms with E-state index in [-0.39, 0.29) is 11.9 Å². The molecule has 1 aromatic carbocycles. The van der Waals surface area contributed by atoms with E-state index in [9.17, 15) is 4.79 Å². The van der Waals surface area contributed by atoms with E-state index in [0.717, 1.165) is 12.1 Å². The van der Waals surface area contributed by atoms with Crippen molar-refractivity contribution in [2.75, 3.05) is 5.32 Å². The number of hydrogen-bond acceptors (Lipinski definition) is 2. The lowest BCUT2D eigenvalue weighted by atomic mass is 10.2. The van der Waals surface area contributed by atoms with Gasteiger partial charge in [0, 0.05) is 11.7 Å². The van der Waals surface area contributed by atoms with E-state index in [2.05, 4.69) is 24.5 Å². The van der Waals surface area contributed by atoms with Gasteiger partial charge in [0.25, 0.3) is 0 Å². The Morgan fingerprint density at radius 3 is 2.44 bits per heavy atom. The fourth-order valence-corrected chi connectivity index (χ4v) is 1.39. The van der Waals surface area contributed by atoms with Gasteiger partial charge in [0.15, 0.2) is 0 Å². The maximum atomic E-state index is 11.8. The zero-order chi connectivity index (χ0) is 12.0.